The molecule has 0 radical (unpaired) electrons. The van der Waals surface area contributed by atoms with E-state index in [0.29, 0.717) is 0 Å². The number of nitrogens with zero attached hydrogens (tertiary/aromatic N) is 3. The van der Waals surface area contributed by atoms with Crippen molar-refractivity contribution in [1.29, 1.82) is 0 Å². The van der Waals surface area contributed by atoms with Crippen LogP contribution in [0.25, 0.3) is 0 Å². The lowest BCUT2D eigenvalue weighted by Gasteiger charge is -1.98. The fraction of sp³-hybridized carbons (Fsp3) is 0.286. The van der Waals surface area contributed by atoms with Crippen LogP contribution in [-0.2, 0) is 9.59 Å². The van der Waals surface area contributed by atoms with Gasteiger partial charge in [0, 0.05) is 6.42 Å². The van der Waals surface area contributed by atoms with Crippen molar-refractivity contribution in [1.82, 2.24) is 15.0 Å². The predicted octanol–water partition coefficient (Wildman–Crippen LogP) is 0.323. The van der Waals surface area contributed by atoms with Gasteiger partial charge in [-0.3, -0.25) is 9.59 Å². The van der Waals surface area contributed by atoms with Gasteiger partial charge in [0.05, 0.1) is 6.42 Å². The molecule has 0 aliphatic rings. The maximum atomic E-state index is 11.0. The second-order valence-corrected chi connectivity index (χ2v) is 2.67. The second-order valence-electron chi connectivity index (χ2n) is 2.25. The number of carbonyl (C=O) groups is 2. The summed E-state index contributed by atoms with van der Waals surface area (Å²) >= 11 is 5.04. The fourth-order valence-electron chi connectivity index (χ4n) is 0.634. The number of halogens is 1. The molecule has 6 nitrogen and oxygen atoms in total. The quantitative estimate of drug-likeness (QED) is 0.532. The molecule has 1 aromatic rings. The molecular weight excluding hydrogens is 210 g/mol. The van der Waals surface area contributed by atoms with Gasteiger partial charge in [0.25, 0.3) is 0 Å². The molecule has 0 unspecified atom stereocenters. The Labute approximate surface area is 84.3 Å². The van der Waals surface area contributed by atoms with Crippen molar-refractivity contribution >= 4 is 22.8 Å². The molecule has 0 aromatic carbocycles. The molecule has 0 bridgehead atoms. The van der Waals surface area contributed by atoms with Crippen molar-refractivity contribution < 1.29 is 14.3 Å². The molecule has 1 heterocycles. The second kappa shape index (κ2) is 5.23. The maximum absolute atomic E-state index is 11.0. The van der Waals surface area contributed by atoms with Gasteiger partial charge in [-0.1, -0.05) is 0 Å². The van der Waals surface area contributed by atoms with E-state index < -0.39 is 11.2 Å². The Morgan fingerprint density at radius 2 is 1.93 bits per heavy atom. The van der Waals surface area contributed by atoms with Gasteiger partial charge in [-0.2, -0.15) is 9.97 Å². The van der Waals surface area contributed by atoms with Crippen molar-refractivity contribution in [2.45, 2.75) is 12.8 Å². The minimum absolute atomic E-state index is 0.0640. The Kier molecular flexibility index (Phi) is 3.93. The van der Waals surface area contributed by atoms with E-state index in [2.05, 4.69) is 19.7 Å². The first-order valence-electron chi connectivity index (χ1n) is 3.69. The topological polar surface area (TPSA) is 82.0 Å². The zero-order valence-corrected chi connectivity index (χ0v) is 7.77. The Hall–Kier alpha value is -1.56. The van der Waals surface area contributed by atoms with Gasteiger partial charge in [-0.05, 0) is 11.6 Å². The molecule has 0 saturated heterocycles. The number of aromatic nitrogens is 3. The molecule has 0 amide bonds. The number of ether oxygens (including phenoxy) is 1. The van der Waals surface area contributed by atoms with Crippen LogP contribution in [0, 0.1) is 0 Å². The van der Waals surface area contributed by atoms with Crippen LogP contribution in [0.4, 0.5) is 0 Å². The van der Waals surface area contributed by atoms with Gasteiger partial charge in [-0.15, -0.1) is 0 Å². The summed E-state index contributed by atoms with van der Waals surface area (Å²) in [6.45, 7) is 0. The van der Waals surface area contributed by atoms with E-state index in [0.717, 1.165) is 0 Å². The smallest absolute Gasteiger partial charge is 0.327 e. The number of esters is 1. The first kappa shape index (κ1) is 10.5. The zero-order valence-electron chi connectivity index (χ0n) is 7.01. The number of hydrogen-bond donors (Lipinski definition) is 0. The summed E-state index contributed by atoms with van der Waals surface area (Å²) in [6.07, 6.45) is 2.24. The average molecular weight is 216 g/mol. The van der Waals surface area contributed by atoms with Crippen LogP contribution in [0.5, 0.6) is 6.01 Å². The van der Waals surface area contributed by atoms with Crippen molar-refractivity contribution in [3.63, 3.8) is 0 Å². The van der Waals surface area contributed by atoms with Crippen molar-refractivity contribution in [2.24, 2.45) is 0 Å². The summed E-state index contributed by atoms with van der Waals surface area (Å²) in [7, 11) is 0. The summed E-state index contributed by atoms with van der Waals surface area (Å²) in [4.78, 5) is 32.0. The third-order valence-electron chi connectivity index (χ3n) is 1.20. The van der Waals surface area contributed by atoms with Crippen LogP contribution in [0.2, 0.25) is 0 Å². The standard InChI is InChI=1S/C7H6ClN3O3/c8-5(12)1-2-6(13)14-7-10-3-9-4-11-7/h3-4H,1-2H2. The number of hydrogen-bond acceptors (Lipinski definition) is 6. The van der Waals surface area contributed by atoms with E-state index in [1.807, 2.05) is 0 Å². The van der Waals surface area contributed by atoms with Crippen LogP contribution < -0.4 is 4.74 Å². The first-order valence-corrected chi connectivity index (χ1v) is 4.07. The minimum atomic E-state index is -0.606. The Morgan fingerprint density at radius 1 is 1.29 bits per heavy atom. The fourth-order valence-corrected chi connectivity index (χ4v) is 0.729. The van der Waals surface area contributed by atoms with Crippen molar-refractivity contribution in [3.05, 3.63) is 12.7 Å². The van der Waals surface area contributed by atoms with E-state index in [4.69, 9.17) is 11.6 Å². The van der Waals surface area contributed by atoms with Gasteiger partial charge in [-0.25, -0.2) is 4.98 Å². The highest BCUT2D eigenvalue weighted by Gasteiger charge is 2.08. The molecule has 1 aromatic heterocycles. The molecule has 0 spiro atoms. The first-order chi connectivity index (χ1) is 6.68. The molecule has 0 aliphatic carbocycles. The van der Waals surface area contributed by atoms with E-state index in [1.54, 1.807) is 0 Å². The Balaban J connectivity index is 2.38. The normalized spacial score (nSPS) is 9.50. The Bertz CT molecular complexity index is 330. The highest BCUT2D eigenvalue weighted by molar-refractivity contribution is 6.63. The lowest BCUT2D eigenvalue weighted by atomic mass is 10.3. The molecule has 14 heavy (non-hydrogen) atoms. The van der Waals surface area contributed by atoms with Gasteiger partial charge in [0.2, 0.25) is 5.24 Å². The van der Waals surface area contributed by atoms with E-state index in [9.17, 15) is 9.59 Å². The molecule has 74 valence electrons. The third kappa shape index (κ3) is 3.90. The highest BCUT2D eigenvalue weighted by atomic mass is 35.5. The molecule has 0 saturated carbocycles. The number of carbonyl (C=O) groups excluding carboxylic acids is 2. The summed E-state index contributed by atoms with van der Waals surface area (Å²) in [5.41, 5.74) is 0. The molecular formula is C7H6ClN3O3. The van der Waals surface area contributed by atoms with Gasteiger partial charge < -0.3 is 4.74 Å². The molecule has 0 atom stereocenters. The molecule has 0 N–H and O–H groups in total. The molecule has 0 aliphatic heterocycles. The molecule has 1 rings (SSSR count). The maximum Gasteiger partial charge on any atom is 0.327 e. The summed E-state index contributed by atoms with van der Waals surface area (Å²) in [5, 5.41) is -0.586. The summed E-state index contributed by atoms with van der Waals surface area (Å²) in [6, 6.07) is -0.0907. The van der Waals surface area contributed by atoms with Crippen LogP contribution in [0.15, 0.2) is 12.7 Å². The largest absolute Gasteiger partial charge is 0.391 e. The van der Waals surface area contributed by atoms with Gasteiger partial charge in [0.15, 0.2) is 0 Å². The summed E-state index contributed by atoms with van der Waals surface area (Å²) < 4.78 is 4.65. The predicted molar refractivity (Wildman–Crippen MR) is 45.6 cm³/mol. The number of rotatable bonds is 4. The Morgan fingerprint density at radius 3 is 2.50 bits per heavy atom. The van der Waals surface area contributed by atoms with Crippen molar-refractivity contribution in [2.75, 3.05) is 0 Å². The SMILES string of the molecule is O=C(Cl)CCC(=O)Oc1ncncn1. The van der Waals surface area contributed by atoms with Gasteiger partial charge in [0.1, 0.15) is 12.7 Å². The lowest BCUT2D eigenvalue weighted by molar-refractivity contribution is -0.136. The molecule has 7 heteroatoms. The van der Waals surface area contributed by atoms with Crippen LogP contribution >= 0.6 is 11.6 Å². The van der Waals surface area contributed by atoms with Crippen LogP contribution in [-0.4, -0.2) is 26.2 Å². The lowest BCUT2D eigenvalue weighted by Crippen LogP contribution is -2.10. The molecule has 0 fully saturated rings. The highest BCUT2D eigenvalue weighted by Crippen LogP contribution is 2.01. The minimum Gasteiger partial charge on any atom is -0.391 e. The van der Waals surface area contributed by atoms with E-state index >= 15 is 0 Å². The van der Waals surface area contributed by atoms with Gasteiger partial charge >= 0.3 is 12.0 Å². The monoisotopic (exact) mass is 215 g/mol. The third-order valence-corrected chi connectivity index (χ3v) is 1.39. The van der Waals surface area contributed by atoms with E-state index in [-0.39, 0.29) is 18.9 Å². The average Bonchev–Trinajstić information content (AvgIpc) is 2.16. The zero-order chi connectivity index (χ0) is 10.4. The van der Waals surface area contributed by atoms with Crippen LogP contribution in [0.1, 0.15) is 12.8 Å². The van der Waals surface area contributed by atoms with Crippen molar-refractivity contribution in [3.8, 4) is 6.01 Å². The summed E-state index contributed by atoms with van der Waals surface area (Å²) in [5.74, 6) is -0.606. The van der Waals surface area contributed by atoms with E-state index in [1.165, 1.54) is 12.7 Å². The van der Waals surface area contributed by atoms with Crippen LogP contribution in [0.3, 0.4) is 0 Å².